The summed E-state index contributed by atoms with van der Waals surface area (Å²) in [6.07, 6.45) is 0.137. The maximum atomic E-state index is 11.6. The predicted molar refractivity (Wildman–Crippen MR) is 56.8 cm³/mol. The molecule has 3 N–H and O–H groups in total. The van der Waals surface area contributed by atoms with Crippen molar-refractivity contribution >= 4 is 11.9 Å². The Labute approximate surface area is 97.8 Å². The number of tetrazole rings is 1. The lowest BCUT2D eigenvalue weighted by Crippen LogP contribution is -2.29. The van der Waals surface area contributed by atoms with Gasteiger partial charge in [0.2, 0.25) is 5.91 Å². The largest absolute Gasteiger partial charge is 0.481 e. The highest BCUT2D eigenvalue weighted by Crippen LogP contribution is 2.09. The normalized spacial score (nSPS) is 14.0. The Kier molecular flexibility index (Phi) is 4.56. The molecule has 1 amide bonds. The van der Waals surface area contributed by atoms with E-state index in [0.29, 0.717) is 5.82 Å². The first-order valence-electron chi connectivity index (χ1n) is 5.23. The average Bonchev–Trinajstić information content (AvgIpc) is 2.67. The minimum Gasteiger partial charge on any atom is -0.481 e. The van der Waals surface area contributed by atoms with Crippen LogP contribution in [0.4, 0.5) is 0 Å². The van der Waals surface area contributed by atoms with E-state index >= 15 is 0 Å². The van der Waals surface area contributed by atoms with Gasteiger partial charge in [0.15, 0.2) is 5.82 Å². The lowest BCUT2D eigenvalue weighted by atomic mass is 10.0. The molecule has 0 radical (unpaired) electrons. The number of H-pyrrole nitrogens is 1. The summed E-state index contributed by atoms with van der Waals surface area (Å²) in [6.45, 7) is 3.44. The van der Waals surface area contributed by atoms with Crippen LogP contribution >= 0.6 is 0 Å². The van der Waals surface area contributed by atoms with E-state index in [1.165, 1.54) is 0 Å². The first kappa shape index (κ1) is 13.1. The minimum absolute atomic E-state index is 0.0238. The molecule has 0 bridgehead atoms. The van der Waals surface area contributed by atoms with Gasteiger partial charge in [-0.3, -0.25) is 9.59 Å². The van der Waals surface area contributed by atoms with E-state index in [2.05, 4.69) is 25.9 Å². The second kappa shape index (κ2) is 5.92. The van der Waals surface area contributed by atoms with E-state index in [1.807, 2.05) is 0 Å². The third-order valence-electron chi connectivity index (χ3n) is 2.18. The van der Waals surface area contributed by atoms with Crippen LogP contribution in [0.2, 0.25) is 0 Å². The summed E-state index contributed by atoms with van der Waals surface area (Å²) in [5.41, 5.74) is 0. The van der Waals surface area contributed by atoms with Gasteiger partial charge in [-0.1, -0.05) is 12.1 Å². The van der Waals surface area contributed by atoms with Gasteiger partial charge in [-0.2, -0.15) is 5.21 Å². The fourth-order valence-corrected chi connectivity index (χ4v) is 1.40. The van der Waals surface area contributed by atoms with Gasteiger partial charge < -0.3 is 10.4 Å². The lowest BCUT2D eigenvalue weighted by Gasteiger charge is -2.12. The second-order valence-electron chi connectivity index (χ2n) is 3.97. The van der Waals surface area contributed by atoms with Gasteiger partial charge >= 0.3 is 5.97 Å². The van der Waals surface area contributed by atoms with Crippen LogP contribution in [0.3, 0.4) is 0 Å². The maximum absolute atomic E-state index is 11.6. The molecule has 0 fully saturated rings. The van der Waals surface area contributed by atoms with Crippen molar-refractivity contribution in [3.05, 3.63) is 5.82 Å². The van der Waals surface area contributed by atoms with E-state index < -0.39 is 5.97 Å². The number of carbonyl (C=O) groups is 2. The van der Waals surface area contributed by atoms with Crippen LogP contribution in [0, 0.1) is 5.92 Å². The van der Waals surface area contributed by atoms with Crippen LogP contribution in [0.15, 0.2) is 0 Å². The van der Waals surface area contributed by atoms with Gasteiger partial charge in [0.1, 0.15) is 0 Å². The Morgan fingerprint density at radius 3 is 2.65 bits per heavy atom. The topological polar surface area (TPSA) is 121 Å². The Morgan fingerprint density at radius 2 is 2.12 bits per heavy atom. The molecule has 8 heteroatoms. The predicted octanol–water partition coefficient (Wildman–Crippen LogP) is -0.122. The summed E-state index contributed by atoms with van der Waals surface area (Å²) in [5, 5.41) is 24.4. The second-order valence-corrected chi connectivity index (χ2v) is 3.97. The zero-order valence-corrected chi connectivity index (χ0v) is 9.67. The Hall–Kier alpha value is -1.99. The molecule has 17 heavy (non-hydrogen) atoms. The van der Waals surface area contributed by atoms with Gasteiger partial charge in [0, 0.05) is 12.8 Å². The van der Waals surface area contributed by atoms with Crippen LogP contribution in [-0.2, 0) is 9.59 Å². The first-order chi connectivity index (χ1) is 7.99. The molecule has 1 heterocycles. The van der Waals surface area contributed by atoms with Gasteiger partial charge in [-0.25, -0.2) is 0 Å². The Bertz CT molecular complexity index is 378. The van der Waals surface area contributed by atoms with E-state index in [1.54, 1.807) is 13.8 Å². The highest BCUT2D eigenvalue weighted by atomic mass is 16.4. The number of hydrogen-bond acceptors (Lipinski definition) is 5. The zero-order chi connectivity index (χ0) is 12.8. The summed E-state index contributed by atoms with van der Waals surface area (Å²) < 4.78 is 0. The van der Waals surface area contributed by atoms with E-state index in [-0.39, 0.29) is 30.7 Å². The monoisotopic (exact) mass is 241 g/mol. The number of aromatic amines is 1. The summed E-state index contributed by atoms with van der Waals surface area (Å²) in [4.78, 5) is 22.0. The number of nitrogens with one attached hydrogen (secondary N) is 2. The summed E-state index contributed by atoms with van der Waals surface area (Å²) in [7, 11) is 0. The number of nitrogens with zero attached hydrogens (tertiary/aromatic N) is 3. The van der Waals surface area contributed by atoms with Crippen molar-refractivity contribution in [2.75, 3.05) is 0 Å². The van der Waals surface area contributed by atoms with Crippen molar-refractivity contribution in [1.82, 2.24) is 25.9 Å². The molecule has 0 aromatic carbocycles. The van der Waals surface area contributed by atoms with Crippen LogP contribution in [0.5, 0.6) is 0 Å². The molecule has 0 spiro atoms. The van der Waals surface area contributed by atoms with Gasteiger partial charge in [0.25, 0.3) is 0 Å². The van der Waals surface area contributed by atoms with Crippen LogP contribution in [-0.4, -0.2) is 37.6 Å². The van der Waals surface area contributed by atoms with Crippen molar-refractivity contribution in [3.63, 3.8) is 0 Å². The molecule has 2 atom stereocenters. The SMILES string of the molecule is CC(CC(=O)O)CC(=O)NC(C)c1nn[nH]n1. The van der Waals surface area contributed by atoms with Crippen molar-refractivity contribution in [2.24, 2.45) is 5.92 Å². The van der Waals surface area contributed by atoms with E-state index in [0.717, 1.165) is 0 Å². The zero-order valence-electron chi connectivity index (χ0n) is 9.67. The number of aromatic nitrogens is 4. The molecule has 0 aliphatic carbocycles. The third-order valence-corrected chi connectivity index (χ3v) is 2.18. The number of rotatable bonds is 6. The molecule has 94 valence electrons. The number of carboxylic acid groups (broad SMARTS) is 1. The molecule has 2 unspecified atom stereocenters. The van der Waals surface area contributed by atoms with Crippen molar-refractivity contribution < 1.29 is 14.7 Å². The molecule has 8 nitrogen and oxygen atoms in total. The number of amides is 1. The third kappa shape index (κ3) is 4.58. The molecule has 0 saturated heterocycles. The molecular weight excluding hydrogens is 226 g/mol. The molecule has 0 aliphatic rings. The standard InChI is InChI=1S/C9H15N5O3/c1-5(4-8(16)17)3-7(15)10-6(2)9-11-13-14-12-9/h5-6H,3-4H2,1-2H3,(H,10,15)(H,16,17)(H,11,12,13,14). The Morgan fingerprint density at radius 1 is 1.41 bits per heavy atom. The summed E-state index contributed by atoms with van der Waals surface area (Å²) in [6, 6.07) is -0.349. The minimum atomic E-state index is -0.906. The number of carbonyl (C=O) groups excluding carboxylic acids is 1. The molecule has 1 aromatic rings. The summed E-state index contributed by atoms with van der Waals surface area (Å²) in [5.74, 6) is -0.943. The van der Waals surface area contributed by atoms with Gasteiger partial charge in [-0.05, 0) is 12.8 Å². The van der Waals surface area contributed by atoms with Gasteiger partial charge in [0.05, 0.1) is 6.04 Å². The van der Waals surface area contributed by atoms with Gasteiger partial charge in [-0.15, -0.1) is 10.2 Å². The number of aliphatic carboxylic acids is 1. The molecule has 0 saturated carbocycles. The first-order valence-corrected chi connectivity index (χ1v) is 5.23. The molecule has 1 rings (SSSR count). The fraction of sp³-hybridized carbons (Fsp3) is 0.667. The van der Waals surface area contributed by atoms with Crippen LogP contribution < -0.4 is 5.32 Å². The molecule has 1 aromatic heterocycles. The maximum Gasteiger partial charge on any atom is 0.303 e. The van der Waals surface area contributed by atoms with Crippen molar-refractivity contribution in [3.8, 4) is 0 Å². The van der Waals surface area contributed by atoms with E-state index in [4.69, 9.17) is 5.11 Å². The smallest absolute Gasteiger partial charge is 0.303 e. The number of carboxylic acids is 1. The average molecular weight is 241 g/mol. The highest BCUT2D eigenvalue weighted by molar-refractivity contribution is 5.77. The summed E-state index contributed by atoms with van der Waals surface area (Å²) >= 11 is 0. The van der Waals surface area contributed by atoms with Crippen molar-refractivity contribution in [2.45, 2.75) is 32.7 Å². The van der Waals surface area contributed by atoms with Crippen molar-refractivity contribution in [1.29, 1.82) is 0 Å². The van der Waals surface area contributed by atoms with E-state index in [9.17, 15) is 9.59 Å². The fourth-order valence-electron chi connectivity index (χ4n) is 1.40. The molecule has 0 aliphatic heterocycles. The number of hydrogen-bond donors (Lipinski definition) is 3. The Balaban J connectivity index is 2.37. The highest BCUT2D eigenvalue weighted by Gasteiger charge is 2.16. The quantitative estimate of drug-likeness (QED) is 0.638. The lowest BCUT2D eigenvalue weighted by molar-refractivity contribution is -0.138. The van der Waals surface area contributed by atoms with Crippen LogP contribution in [0.25, 0.3) is 0 Å². The van der Waals surface area contributed by atoms with Crippen LogP contribution in [0.1, 0.15) is 38.6 Å². The molecular formula is C9H15N5O3.